The number of unbranched alkanes of at least 4 members (excludes halogenated alkanes) is 11. The summed E-state index contributed by atoms with van der Waals surface area (Å²) in [5.74, 6) is 4.21. The highest BCUT2D eigenvalue weighted by atomic mass is 14.2. The van der Waals surface area contributed by atoms with Gasteiger partial charge in [-0.2, -0.15) is 0 Å². The van der Waals surface area contributed by atoms with Crippen molar-refractivity contribution in [2.75, 3.05) is 0 Å². The van der Waals surface area contributed by atoms with Crippen molar-refractivity contribution in [2.24, 2.45) is 29.6 Å². The van der Waals surface area contributed by atoms with E-state index < -0.39 is 0 Å². The second kappa shape index (κ2) is 24.7. The summed E-state index contributed by atoms with van der Waals surface area (Å²) in [5, 5.41) is 0. The average Bonchev–Trinajstić information content (AvgIpc) is 2.80. The van der Waals surface area contributed by atoms with Crippen LogP contribution in [0.25, 0.3) is 0 Å². The Labute approximate surface area is 219 Å². The first-order valence-electron chi connectivity index (χ1n) is 16.2. The second-order valence-corrected chi connectivity index (χ2v) is 12.8. The zero-order valence-electron chi connectivity index (χ0n) is 25.2. The minimum atomic E-state index is 0.667. The lowest BCUT2D eigenvalue weighted by Crippen LogP contribution is -2.09. The molecule has 4 unspecified atom stereocenters. The Hall–Kier alpha value is 0. The Bertz CT molecular complexity index is 383. The van der Waals surface area contributed by atoms with E-state index in [9.17, 15) is 0 Å². The first-order valence-corrected chi connectivity index (χ1v) is 16.2. The van der Waals surface area contributed by atoms with Crippen LogP contribution in [0.5, 0.6) is 0 Å². The molecule has 0 N–H and O–H groups in total. The maximum absolute atomic E-state index is 4.54. The van der Waals surface area contributed by atoms with Gasteiger partial charge in [-0.3, -0.25) is 0 Å². The third-order valence-electron chi connectivity index (χ3n) is 8.46. The Morgan fingerprint density at radius 2 is 0.794 bits per heavy atom. The Kier molecular flexibility index (Phi) is 24.7. The van der Waals surface area contributed by atoms with Crippen LogP contribution in [0.15, 0.2) is 0 Å². The fraction of sp³-hybridized carbons (Fsp3) is 0.971. The smallest absolute Gasteiger partial charge is 0.0388 e. The largest absolute Gasteiger partial charge is 0.0654 e. The topological polar surface area (TPSA) is 0 Å². The summed E-state index contributed by atoms with van der Waals surface area (Å²) < 4.78 is 0. The summed E-state index contributed by atoms with van der Waals surface area (Å²) >= 11 is 0. The molecule has 0 aromatic rings. The normalized spacial score (nSPS) is 15.5. The Morgan fingerprint density at radius 1 is 0.412 bits per heavy atom. The van der Waals surface area contributed by atoms with Crippen LogP contribution in [0.1, 0.15) is 183 Å². The lowest BCUT2D eigenvalue weighted by molar-refractivity contribution is 0.332. The SMILES string of the molecule is [CH2]C(CCCCC(C)CCCCCCCCC(C)C)C(C)CCCC(C)CCCCCCCC. The van der Waals surface area contributed by atoms with Gasteiger partial charge in [-0.05, 0) is 36.5 Å². The van der Waals surface area contributed by atoms with E-state index in [-0.39, 0.29) is 0 Å². The monoisotopic (exact) mass is 478 g/mol. The molecule has 0 aromatic carbocycles. The molecule has 0 aliphatic heterocycles. The molecule has 0 amide bonds. The molecule has 0 saturated heterocycles. The van der Waals surface area contributed by atoms with Gasteiger partial charge in [0.1, 0.15) is 0 Å². The molecule has 0 rings (SSSR count). The maximum Gasteiger partial charge on any atom is -0.0388 e. The van der Waals surface area contributed by atoms with Gasteiger partial charge < -0.3 is 0 Å². The molecule has 0 spiro atoms. The minimum absolute atomic E-state index is 0.667. The van der Waals surface area contributed by atoms with Crippen molar-refractivity contribution >= 4 is 0 Å². The number of hydrogen-bond acceptors (Lipinski definition) is 0. The fourth-order valence-corrected chi connectivity index (χ4v) is 5.52. The third-order valence-corrected chi connectivity index (χ3v) is 8.46. The first kappa shape index (κ1) is 34.0. The highest BCUT2D eigenvalue weighted by Gasteiger charge is 2.13. The van der Waals surface area contributed by atoms with Crippen molar-refractivity contribution in [3.63, 3.8) is 0 Å². The average molecular weight is 478 g/mol. The Balaban J connectivity index is 3.55. The maximum atomic E-state index is 4.54. The zero-order valence-corrected chi connectivity index (χ0v) is 25.2. The lowest BCUT2D eigenvalue weighted by atomic mass is 9.85. The minimum Gasteiger partial charge on any atom is -0.0654 e. The summed E-state index contributed by atoms with van der Waals surface area (Å²) in [7, 11) is 0. The van der Waals surface area contributed by atoms with Crippen molar-refractivity contribution in [2.45, 2.75) is 183 Å². The third kappa shape index (κ3) is 23.7. The Morgan fingerprint density at radius 3 is 1.29 bits per heavy atom. The van der Waals surface area contributed by atoms with Gasteiger partial charge >= 0.3 is 0 Å². The predicted octanol–water partition coefficient (Wildman–Crippen LogP) is 12.6. The van der Waals surface area contributed by atoms with E-state index in [0.717, 1.165) is 23.7 Å². The molecular weight excluding hydrogens is 408 g/mol. The highest BCUT2D eigenvalue weighted by molar-refractivity contribution is 4.70. The van der Waals surface area contributed by atoms with Crippen molar-refractivity contribution in [1.29, 1.82) is 0 Å². The van der Waals surface area contributed by atoms with Crippen LogP contribution in [0.2, 0.25) is 0 Å². The molecule has 0 fully saturated rings. The molecule has 205 valence electrons. The van der Waals surface area contributed by atoms with Crippen LogP contribution < -0.4 is 0 Å². The summed E-state index contributed by atoms with van der Waals surface area (Å²) in [6.45, 7) is 19.0. The van der Waals surface area contributed by atoms with Gasteiger partial charge in [-0.25, -0.2) is 0 Å². The van der Waals surface area contributed by atoms with Crippen molar-refractivity contribution in [3.8, 4) is 0 Å². The summed E-state index contributed by atoms with van der Waals surface area (Å²) in [6, 6.07) is 0. The second-order valence-electron chi connectivity index (χ2n) is 12.8. The quantitative estimate of drug-likeness (QED) is 0.109. The molecule has 0 aliphatic carbocycles. The molecule has 0 heterocycles. The summed E-state index contributed by atoms with van der Waals surface area (Å²) in [6.07, 6.45) is 31.5. The molecule has 1 radical (unpaired) electrons. The van der Waals surface area contributed by atoms with Crippen LogP contribution in [0, 0.1) is 36.5 Å². The predicted molar refractivity (Wildman–Crippen MR) is 158 cm³/mol. The molecular formula is C34H69. The summed E-state index contributed by atoms with van der Waals surface area (Å²) in [5.41, 5.74) is 0. The molecule has 0 nitrogen and oxygen atoms in total. The molecule has 34 heavy (non-hydrogen) atoms. The van der Waals surface area contributed by atoms with Gasteiger partial charge in [-0.15, -0.1) is 0 Å². The molecule has 0 aromatic heterocycles. The zero-order chi connectivity index (χ0) is 25.4. The van der Waals surface area contributed by atoms with Crippen LogP contribution in [0.3, 0.4) is 0 Å². The van der Waals surface area contributed by atoms with E-state index in [1.165, 1.54) is 141 Å². The molecule has 0 saturated carbocycles. The number of rotatable bonds is 26. The fourth-order valence-electron chi connectivity index (χ4n) is 5.52. The van der Waals surface area contributed by atoms with Gasteiger partial charge in [-0.1, -0.05) is 183 Å². The van der Waals surface area contributed by atoms with Crippen LogP contribution >= 0.6 is 0 Å². The molecule has 0 heteroatoms. The molecule has 0 bridgehead atoms. The first-order chi connectivity index (χ1) is 16.4. The van der Waals surface area contributed by atoms with E-state index in [1.54, 1.807) is 0 Å². The standard InChI is InChI=1S/C34H69/c1-8-9-10-11-15-18-25-32(5)27-22-29-34(7)33(6)28-21-20-26-31(4)24-19-16-13-12-14-17-23-30(2)3/h30-34H,6,8-29H2,1-5,7H3. The highest BCUT2D eigenvalue weighted by Crippen LogP contribution is 2.26. The van der Waals surface area contributed by atoms with Crippen LogP contribution in [0.4, 0.5) is 0 Å². The number of hydrogen-bond donors (Lipinski definition) is 0. The van der Waals surface area contributed by atoms with Gasteiger partial charge in [0, 0.05) is 0 Å². The summed E-state index contributed by atoms with van der Waals surface area (Å²) in [4.78, 5) is 0. The van der Waals surface area contributed by atoms with E-state index in [2.05, 4.69) is 48.5 Å². The van der Waals surface area contributed by atoms with E-state index in [4.69, 9.17) is 0 Å². The van der Waals surface area contributed by atoms with Crippen molar-refractivity contribution in [1.82, 2.24) is 0 Å². The molecule has 4 atom stereocenters. The van der Waals surface area contributed by atoms with E-state index >= 15 is 0 Å². The van der Waals surface area contributed by atoms with Crippen LogP contribution in [-0.4, -0.2) is 0 Å². The van der Waals surface area contributed by atoms with Crippen molar-refractivity contribution in [3.05, 3.63) is 6.92 Å². The van der Waals surface area contributed by atoms with Gasteiger partial charge in [0.2, 0.25) is 0 Å². The van der Waals surface area contributed by atoms with E-state index in [0.29, 0.717) is 5.92 Å². The lowest BCUT2D eigenvalue weighted by Gasteiger charge is -2.21. The van der Waals surface area contributed by atoms with E-state index in [1.807, 2.05) is 0 Å². The van der Waals surface area contributed by atoms with Gasteiger partial charge in [0.25, 0.3) is 0 Å². The molecule has 0 aliphatic rings. The van der Waals surface area contributed by atoms with Gasteiger partial charge in [0.15, 0.2) is 0 Å². The van der Waals surface area contributed by atoms with Gasteiger partial charge in [0.05, 0.1) is 0 Å². The van der Waals surface area contributed by atoms with Crippen LogP contribution in [-0.2, 0) is 0 Å². The van der Waals surface area contributed by atoms with Crippen molar-refractivity contribution < 1.29 is 0 Å².